The summed E-state index contributed by atoms with van der Waals surface area (Å²) in [6.07, 6.45) is 0. The van der Waals surface area contributed by atoms with Crippen LogP contribution in [0.2, 0.25) is 0 Å². The summed E-state index contributed by atoms with van der Waals surface area (Å²) in [7, 11) is 2.17. The normalized spacial score (nSPS) is 11.3. The van der Waals surface area contributed by atoms with Gasteiger partial charge in [0.05, 0.1) is 0 Å². The Labute approximate surface area is 120 Å². The fraction of sp³-hybridized carbons (Fsp3) is 0.600. The van der Waals surface area contributed by atoms with Gasteiger partial charge in [-0.2, -0.15) is 0 Å². The van der Waals surface area contributed by atoms with E-state index in [1.807, 2.05) is 0 Å². The summed E-state index contributed by atoms with van der Waals surface area (Å²) >= 11 is 3.56. The predicted molar refractivity (Wildman–Crippen MR) is 84.2 cm³/mol. The number of nitrogens with zero attached hydrogens (tertiary/aromatic N) is 1. The Bertz CT molecular complexity index is 375. The summed E-state index contributed by atoms with van der Waals surface area (Å²) in [4.78, 5) is 2.34. The van der Waals surface area contributed by atoms with E-state index in [0.29, 0.717) is 12.0 Å². The summed E-state index contributed by atoms with van der Waals surface area (Å²) in [5.41, 5.74) is 2.67. The third kappa shape index (κ3) is 4.99. The minimum atomic E-state index is 0.511. The van der Waals surface area contributed by atoms with Crippen molar-refractivity contribution in [1.82, 2.24) is 5.32 Å². The Balaban J connectivity index is 2.88. The molecule has 0 heterocycles. The van der Waals surface area contributed by atoms with Crippen LogP contribution in [0.1, 0.15) is 33.3 Å². The summed E-state index contributed by atoms with van der Waals surface area (Å²) < 4.78 is 1.14. The van der Waals surface area contributed by atoms with Crippen molar-refractivity contribution in [2.45, 2.75) is 40.3 Å². The number of rotatable bonds is 6. The Morgan fingerprint density at radius 2 is 1.89 bits per heavy atom. The van der Waals surface area contributed by atoms with Gasteiger partial charge in [-0.15, -0.1) is 0 Å². The van der Waals surface area contributed by atoms with E-state index in [2.05, 4.69) is 79.1 Å². The van der Waals surface area contributed by atoms with Gasteiger partial charge in [-0.05, 0) is 23.6 Å². The lowest BCUT2D eigenvalue weighted by Gasteiger charge is -2.25. The summed E-state index contributed by atoms with van der Waals surface area (Å²) in [5.74, 6) is 0.667. The third-order valence-electron chi connectivity index (χ3n) is 2.80. The van der Waals surface area contributed by atoms with Gasteiger partial charge in [0.2, 0.25) is 0 Å². The van der Waals surface area contributed by atoms with Crippen LogP contribution in [-0.2, 0) is 6.54 Å². The lowest BCUT2D eigenvalue weighted by molar-refractivity contribution is 0.585. The van der Waals surface area contributed by atoms with Gasteiger partial charge in [0.1, 0.15) is 0 Å². The van der Waals surface area contributed by atoms with Crippen LogP contribution >= 0.6 is 15.9 Å². The first kappa shape index (κ1) is 15.5. The molecule has 1 aromatic carbocycles. The van der Waals surface area contributed by atoms with Gasteiger partial charge in [-0.3, -0.25) is 0 Å². The number of hydrogen-bond acceptors (Lipinski definition) is 2. The monoisotopic (exact) mass is 312 g/mol. The average molecular weight is 313 g/mol. The second-order valence-corrected chi connectivity index (χ2v) is 6.50. The van der Waals surface area contributed by atoms with E-state index < -0.39 is 0 Å². The maximum absolute atomic E-state index is 3.56. The molecule has 1 N–H and O–H groups in total. The van der Waals surface area contributed by atoms with Crippen LogP contribution < -0.4 is 10.2 Å². The standard InChI is InChI=1S/C15H25BrN2/c1-11(2)10-18(5)15-8-14(16)7-6-13(15)9-17-12(3)4/h6-8,11-12,17H,9-10H2,1-5H3. The molecule has 3 heteroatoms. The van der Waals surface area contributed by atoms with Crippen molar-refractivity contribution in [3.63, 3.8) is 0 Å². The Morgan fingerprint density at radius 1 is 1.22 bits per heavy atom. The first-order chi connectivity index (χ1) is 8.40. The highest BCUT2D eigenvalue weighted by Crippen LogP contribution is 2.25. The summed E-state index contributed by atoms with van der Waals surface area (Å²) in [6, 6.07) is 7.03. The van der Waals surface area contributed by atoms with Crippen LogP contribution in [-0.4, -0.2) is 19.6 Å². The predicted octanol–water partition coefficient (Wildman–Crippen LogP) is 4.04. The highest BCUT2D eigenvalue weighted by Gasteiger charge is 2.10. The Morgan fingerprint density at radius 3 is 2.44 bits per heavy atom. The molecule has 0 aromatic heterocycles. The molecule has 0 bridgehead atoms. The molecule has 0 unspecified atom stereocenters. The molecule has 0 radical (unpaired) electrons. The molecule has 0 aliphatic carbocycles. The maximum Gasteiger partial charge on any atom is 0.0420 e. The molecular formula is C15H25BrN2. The van der Waals surface area contributed by atoms with E-state index >= 15 is 0 Å². The Hall–Kier alpha value is -0.540. The lowest BCUT2D eigenvalue weighted by atomic mass is 10.1. The van der Waals surface area contributed by atoms with Gasteiger partial charge < -0.3 is 10.2 Å². The molecule has 0 amide bonds. The largest absolute Gasteiger partial charge is 0.374 e. The van der Waals surface area contributed by atoms with Crippen molar-refractivity contribution in [2.24, 2.45) is 5.92 Å². The van der Waals surface area contributed by atoms with Crippen LogP contribution in [0.25, 0.3) is 0 Å². The van der Waals surface area contributed by atoms with Crippen LogP contribution in [0.4, 0.5) is 5.69 Å². The number of nitrogens with one attached hydrogen (secondary N) is 1. The zero-order valence-electron chi connectivity index (χ0n) is 12.1. The molecule has 0 spiro atoms. The van der Waals surface area contributed by atoms with Crippen LogP contribution in [0.3, 0.4) is 0 Å². The smallest absolute Gasteiger partial charge is 0.0420 e. The summed E-state index contributed by atoms with van der Waals surface area (Å²) in [6.45, 7) is 10.8. The van der Waals surface area contributed by atoms with Crippen LogP contribution in [0.15, 0.2) is 22.7 Å². The Kier molecular flexibility index (Phi) is 6.16. The second-order valence-electron chi connectivity index (χ2n) is 5.58. The van der Waals surface area contributed by atoms with Gasteiger partial charge in [-0.25, -0.2) is 0 Å². The van der Waals surface area contributed by atoms with Gasteiger partial charge >= 0.3 is 0 Å². The molecule has 18 heavy (non-hydrogen) atoms. The lowest BCUT2D eigenvalue weighted by Crippen LogP contribution is -2.26. The first-order valence-corrected chi connectivity index (χ1v) is 7.42. The first-order valence-electron chi connectivity index (χ1n) is 6.63. The second kappa shape index (κ2) is 7.15. The van der Waals surface area contributed by atoms with Crippen molar-refractivity contribution in [3.8, 4) is 0 Å². The highest BCUT2D eigenvalue weighted by molar-refractivity contribution is 9.10. The topological polar surface area (TPSA) is 15.3 Å². The molecule has 0 aliphatic heterocycles. The van der Waals surface area contributed by atoms with Gasteiger partial charge in [0, 0.05) is 36.3 Å². The molecule has 1 rings (SSSR count). The highest BCUT2D eigenvalue weighted by atomic mass is 79.9. The van der Waals surface area contributed by atoms with E-state index in [1.54, 1.807) is 0 Å². The number of anilines is 1. The zero-order chi connectivity index (χ0) is 13.7. The minimum Gasteiger partial charge on any atom is -0.374 e. The van der Waals surface area contributed by atoms with Crippen molar-refractivity contribution in [3.05, 3.63) is 28.2 Å². The fourth-order valence-corrected chi connectivity index (χ4v) is 2.35. The van der Waals surface area contributed by atoms with Gasteiger partial charge in [-0.1, -0.05) is 49.7 Å². The van der Waals surface area contributed by atoms with E-state index in [-0.39, 0.29) is 0 Å². The molecule has 1 aromatic rings. The van der Waals surface area contributed by atoms with Gasteiger partial charge in [0.15, 0.2) is 0 Å². The van der Waals surface area contributed by atoms with Crippen molar-refractivity contribution < 1.29 is 0 Å². The maximum atomic E-state index is 3.56. The van der Waals surface area contributed by atoms with Crippen LogP contribution in [0.5, 0.6) is 0 Å². The molecular weight excluding hydrogens is 288 g/mol. The average Bonchev–Trinajstić information content (AvgIpc) is 2.26. The van der Waals surface area contributed by atoms with Crippen molar-refractivity contribution in [1.29, 1.82) is 0 Å². The van der Waals surface area contributed by atoms with Crippen molar-refractivity contribution in [2.75, 3.05) is 18.5 Å². The quantitative estimate of drug-likeness (QED) is 0.853. The minimum absolute atomic E-state index is 0.511. The molecule has 0 atom stereocenters. The molecule has 0 aliphatic rings. The van der Waals surface area contributed by atoms with E-state index in [4.69, 9.17) is 0 Å². The molecule has 0 saturated heterocycles. The van der Waals surface area contributed by atoms with E-state index in [0.717, 1.165) is 17.6 Å². The summed E-state index contributed by atoms with van der Waals surface area (Å²) in [5, 5.41) is 3.49. The van der Waals surface area contributed by atoms with Gasteiger partial charge in [0.25, 0.3) is 0 Å². The molecule has 102 valence electrons. The van der Waals surface area contributed by atoms with Crippen molar-refractivity contribution >= 4 is 21.6 Å². The zero-order valence-corrected chi connectivity index (χ0v) is 13.7. The van der Waals surface area contributed by atoms with E-state index in [1.165, 1.54) is 11.3 Å². The van der Waals surface area contributed by atoms with Crippen LogP contribution in [0, 0.1) is 5.92 Å². The fourth-order valence-electron chi connectivity index (χ4n) is 2.00. The number of halogens is 1. The number of benzene rings is 1. The third-order valence-corrected chi connectivity index (χ3v) is 3.29. The molecule has 0 fully saturated rings. The molecule has 0 saturated carbocycles. The number of hydrogen-bond donors (Lipinski definition) is 1. The van der Waals surface area contributed by atoms with E-state index in [9.17, 15) is 0 Å². The SMILES string of the molecule is CC(C)CN(C)c1cc(Br)ccc1CNC(C)C. The molecule has 2 nitrogen and oxygen atoms in total.